The normalized spacial score (nSPS) is 17.8. The van der Waals surface area contributed by atoms with Gasteiger partial charge in [-0.25, -0.2) is 0 Å². The van der Waals surface area contributed by atoms with Gasteiger partial charge in [-0.3, -0.25) is 10.1 Å². The van der Waals surface area contributed by atoms with Crippen LogP contribution in [0.15, 0.2) is 18.2 Å². The fourth-order valence-electron chi connectivity index (χ4n) is 1.92. The molecule has 5 nitrogen and oxygen atoms in total. The van der Waals surface area contributed by atoms with Crippen molar-refractivity contribution in [1.29, 1.82) is 0 Å². The fraction of sp³-hybridized carbons (Fsp3) is 0.500. The van der Waals surface area contributed by atoms with Crippen LogP contribution in [0.1, 0.15) is 13.8 Å². The van der Waals surface area contributed by atoms with Crippen molar-refractivity contribution in [3.05, 3.63) is 18.2 Å². The van der Waals surface area contributed by atoms with Crippen molar-refractivity contribution in [3.8, 4) is 11.5 Å². The maximum atomic E-state index is 12.0. The van der Waals surface area contributed by atoms with Crippen LogP contribution in [0, 0.1) is 0 Å². The van der Waals surface area contributed by atoms with E-state index in [-0.39, 0.29) is 11.9 Å². The van der Waals surface area contributed by atoms with Crippen LogP contribution < -0.4 is 20.1 Å². The van der Waals surface area contributed by atoms with Gasteiger partial charge in [0.05, 0.1) is 19.3 Å². The highest BCUT2D eigenvalue weighted by atomic mass is 32.2. The molecule has 2 N–H and O–H groups in total. The molecule has 1 amide bonds. The molecule has 2 rings (SSSR count). The summed E-state index contributed by atoms with van der Waals surface area (Å²) in [7, 11) is 0. The quantitative estimate of drug-likeness (QED) is 0.842. The lowest BCUT2D eigenvalue weighted by Crippen LogP contribution is -2.37. The molecule has 110 valence electrons. The van der Waals surface area contributed by atoms with Crippen LogP contribution in [-0.2, 0) is 4.79 Å². The van der Waals surface area contributed by atoms with Crippen molar-refractivity contribution in [3.63, 3.8) is 0 Å². The molecule has 1 aliphatic rings. The van der Waals surface area contributed by atoms with Gasteiger partial charge in [0.25, 0.3) is 0 Å². The van der Waals surface area contributed by atoms with Crippen molar-refractivity contribution in [2.45, 2.75) is 19.9 Å². The summed E-state index contributed by atoms with van der Waals surface area (Å²) in [6.07, 6.45) is 0. The van der Waals surface area contributed by atoms with E-state index in [0.717, 1.165) is 17.3 Å². The van der Waals surface area contributed by atoms with Crippen LogP contribution in [0.3, 0.4) is 0 Å². The summed E-state index contributed by atoms with van der Waals surface area (Å²) in [5.41, 5.74) is 0.723. The standard InChI is InChI=1S/C14H20N2O3S/c1-3-18-12-6-5-10(7-13(12)19-4-2)16-14(17)11-8-20-9-15-11/h5-7,11,15H,3-4,8-9H2,1-2H3,(H,16,17). The molecule has 1 aromatic rings. The number of benzene rings is 1. The number of hydrogen-bond donors (Lipinski definition) is 2. The van der Waals surface area contributed by atoms with E-state index in [2.05, 4.69) is 10.6 Å². The number of hydrogen-bond acceptors (Lipinski definition) is 5. The minimum Gasteiger partial charge on any atom is -0.490 e. The summed E-state index contributed by atoms with van der Waals surface area (Å²) >= 11 is 1.72. The Bertz CT molecular complexity index is 462. The van der Waals surface area contributed by atoms with E-state index in [1.54, 1.807) is 17.8 Å². The number of ether oxygens (including phenoxy) is 2. The zero-order chi connectivity index (χ0) is 14.4. The first-order valence-electron chi connectivity index (χ1n) is 6.76. The molecule has 1 aromatic carbocycles. The first kappa shape index (κ1) is 15.0. The van der Waals surface area contributed by atoms with Gasteiger partial charge >= 0.3 is 0 Å². The summed E-state index contributed by atoms with van der Waals surface area (Å²) in [5.74, 6) is 2.97. The highest BCUT2D eigenvalue weighted by Gasteiger charge is 2.22. The average molecular weight is 296 g/mol. The molecule has 20 heavy (non-hydrogen) atoms. The topological polar surface area (TPSA) is 59.6 Å². The molecule has 1 saturated heterocycles. The number of nitrogens with one attached hydrogen (secondary N) is 2. The highest BCUT2D eigenvalue weighted by molar-refractivity contribution is 7.99. The van der Waals surface area contributed by atoms with E-state index in [4.69, 9.17) is 9.47 Å². The van der Waals surface area contributed by atoms with Crippen molar-refractivity contribution >= 4 is 23.4 Å². The smallest absolute Gasteiger partial charge is 0.242 e. The summed E-state index contributed by atoms with van der Waals surface area (Å²) in [5, 5.41) is 6.04. The van der Waals surface area contributed by atoms with Crippen molar-refractivity contribution in [2.75, 3.05) is 30.2 Å². The Morgan fingerprint density at radius 2 is 2.10 bits per heavy atom. The molecule has 0 saturated carbocycles. The Morgan fingerprint density at radius 1 is 1.35 bits per heavy atom. The summed E-state index contributed by atoms with van der Waals surface area (Å²) in [6, 6.07) is 5.32. The predicted octanol–water partition coefficient (Wildman–Crippen LogP) is 2.08. The molecule has 1 heterocycles. The summed E-state index contributed by atoms with van der Waals surface area (Å²) in [6.45, 7) is 4.97. The minimum absolute atomic E-state index is 0.0124. The third kappa shape index (κ3) is 3.80. The Labute approximate surface area is 123 Å². The second-order valence-corrected chi connectivity index (χ2v) is 5.32. The van der Waals surface area contributed by atoms with Gasteiger partial charge in [-0.05, 0) is 26.0 Å². The number of amides is 1. The van der Waals surface area contributed by atoms with Gasteiger partial charge < -0.3 is 14.8 Å². The van der Waals surface area contributed by atoms with Gasteiger partial charge in [0.2, 0.25) is 5.91 Å². The van der Waals surface area contributed by atoms with Gasteiger partial charge in [0.1, 0.15) is 0 Å². The van der Waals surface area contributed by atoms with Crippen LogP contribution in [-0.4, -0.2) is 36.8 Å². The largest absolute Gasteiger partial charge is 0.490 e. The monoisotopic (exact) mass is 296 g/mol. The van der Waals surface area contributed by atoms with Gasteiger partial charge in [0.15, 0.2) is 11.5 Å². The number of carbonyl (C=O) groups excluding carboxylic acids is 1. The van der Waals surface area contributed by atoms with Crippen LogP contribution in [0.25, 0.3) is 0 Å². The van der Waals surface area contributed by atoms with Crippen LogP contribution in [0.5, 0.6) is 11.5 Å². The maximum Gasteiger partial charge on any atom is 0.242 e. The van der Waals surface area contributed by atoms with E-state index < -0.39 is 0 Å². The lowest BCUT2D eigenvalue weighted by molar-refractivity contribution is -0.117. The molecule has 0 radical (unpaired) electrons. The number of carbonyl (C=O) groups is 1. The molecule has 1 unspecified atom stereocenters. The molecule has 0 aliphatic carbocycles. The molecule has 1 atom stereocenters. The van der Waals surface area contributed by atoms with Gasteiger partial charge in [0, 0.05) is 23.4 Å². The van der Waals surface area contributed by atoms with Crippen molar-refractivity contribution in [1.82, 2.24) is 5.32 Å². The minimum atomic E-state index is -0.123. The molecule has 6 heteroatoms. The van der Waals surface area contributed by atoms with Gasteiger partial charge in [-0.2, -0.15) is 0 Å². The van der Waals surface area contributed by atoms with Crippen LogP contribution >= 0.6 is 11.8 Å². The Hall–Kier alpha value is -1.40. The van der Waals surface area contributed by atoms with E-state index in [9.17, 15) is 4.79 Å². The van der Waals surface area contributed by atoms with E-state index in [1.807, 2.05) is 26.0 Å². The molecule has 1 fully saturated rings. The molecule has 0 bridgehead atoms. The predicted molar refractivity (Wildman–Crippen MR) is 81.7 cm³/mol. The molecule has 0 spiro atoms. The lowest BCUT2D eigenvalue weighted by Gasteiger charge is -2.14. The maximum absolute atomic E-state index is 12.0. The van der Waals surface area contributed by atoms with E-state index in [0.29, 0.717) is 24.7 Å². The lowest BCUT2D eigenvalue weighted by atomic mass is 10.2. The van der Waals surface area contributed by atoms with Gasteiger partial charge in [-0.15, -0.1) is 11.8 Å². The Morgan fingerprint density at radius 3 is 2.75 bits per heavy atom. The average Bonchev–Trinajstić information content (AvgIpc) is 2.96. The van der Waals surface area contributed by atoms with E-state index >= 15 is 0 Å². The van der Waals surface area contributed by atoms with Crippen molar-refractivity contribution < 1.29 is 14.3 Å². The molecule has 0 aromatic heterocycles. The van der Waals surface area contributed by atoms with Gasteiger partial charge in [-0.1, -0.05) is 0 Å². The Balaban J connectivity index is 2.07. The molecule has 1 aliphatic heterocycles. The third-order valence-corrected chi connectivity index (χ3v) is 3.78. The number of rotatable bonds is 6. The molecular formula is C14H20N2O3S. The second kappa shape index (κ2) is 7.40. The second-order valence-electron chi connectivity index (χ2n) is 4.29. The fourth-order valence-corrected chi connectivity index (χ4v) is 2.86. The highest BCUT2D eigenvalue weighted by Crippen LogP contribution is 2.30. The van der Waals surface area contributed by atoms with Crippen LogP contribution in [0.2, 0.25) is 0 Å². The SMILES string of the molecule is CCOc1ccc(NC(=O)C2CSCN2)cc1OCC. The van der Waals surface area contributed by atoms with Crippen molar-refractivity contribution in [2.24, 2.45) is 0 Å². The molecular weight excluding hydrogens is 276 g/mol. The third-order valence-electron chi connectivity index (χ3n) is 2.84. The Kier molecular flexibility index (Phi) is 5.55. The summed E-state index contributed by atoms with van der Waals surface area (Å²) < 4.78 is 11.0. The van der Waals surface area contributed by atoms with E-state index in [1.165, 1.54) is 0 Å². The first-order chi connectivity index (χ1) is 9.74. The number of thioether (sulfide) groups is 1. The van der Waals surface area contributed by atoms with Crippen LogP contribution in [0.4, 0.5) is 5.69 Å². The summed E-state index contributed by atoms with van der Waals surface area (Å²) in [4.78, 5) is 12.0. The first-order valence-corrected chi connectivity index (χ1v) is 7.91. The zero-order valence-electron chi connectivity index (χ0n) is 11.8. The zero-order valence-corrected chi connectivity index (χ0v) is 12.6. The number of anilines is 1.